The second kappa shape index (κ2) is 5.56. The van der Waals surface area contributed by atoms with Crippen molar-refractivity contribution in [1.82, 2.24) is 5.43 Å². The summed E-state index contributed by atoms with van der Waals surface area (Å²) in [4.78, 5) is 3.06. The van der Waals surface area contributed by atoms with Gasteiger partial charge < -0.3 is 0 Å². The van der Waals surface area contributed by atoms with Crippen molar-refractivity contribution < 1.29 is 0 Å². The largest absolute Gasteiger partial charge is 0.271 e. The van der Waals surface area contributed by atoms with Crippen LogP contribution in [0.5, 0.6) is 0 Å². The fourth-order valence-corrected chi connectivity index (χ4v) is 5.14. The number of benzene rings is 1. The van der Waals surface area contributed by atoms with Gasteiger partial charge in [-0.2, -0.15) is 0 Å². The molecule has 2 aliphatic carbocycles. The lowest BCUT2D eigenvalue weighted by Gasteiger charge is -2.14. The maximum Gasteiger partial charge on any atom is 0.0587 e. The zero-order valence-electron chi connectivity index (χ0n) is 12.2. The zero-order chi connectivity index (χ0) is 14.2. The minimum absolute atomic E-state index is 0.325. The molecule has 0 amide bonds. The summed E-state index contributed by atoms with van der Waals surface area (Å²) in [7, 11) is 0. The van der Waals surface area contributed by atoms with Gasteiger partial charge >= 0.3 is 0 Å². The average Bonchev–Trinajstić information content (AvgIpc) is 3.20. The molecule has 1 aromatic carbocycles. The number of nitrogens with one attached hydrogen (secondary N) is 1. The van der Waals surface area contributed by atoms with Crippen molar-refractivity contribution in [3.8, 4) is 0 Å². The molecule has 110 valence electrons. The number of nitrogens with two attached hydrogens (primary N) is 1. The Labute approximate surface area is 130 Å². The van der Waals surface area contributed by atoms with Crippen molar-refractivity contribution in [3.05, 3.63) is 57.3 Å². The molecule has 1 saturated carbocycles. The van der Waals surface area contributed by atoms with Crippen LogP contribution in [-0.4, -0.2) is 0 Å². The summed E-state index contributed by atoms with van der Waals surface area (Å²) in [5.74, 6) is 7.22. The maximum atomic E-state index is 5.90. The normalized spacial score (nSPS) is 25.4. The Morgan fingerprint density at radius 2 is 1.95 bits per heavy atom. The molecule has 1 heterocycles. The number of hydrogen-bond acceptors (Lipinski definition) is 3. The van der Waals surface area contributed by atoms with E-state index >= 15 is 0 Å². The Hall–Kier alpha value is -1.16. The van der Waals surface area contributed by atoms with Crippen LogP contribution in [0.25, 0.3) is 0 Å². The van der Waals surface area contributed by atoms with Gasteiger partial charge in [0.15, 0.2) is 0 Å². The van der Waals surface area contributed by atoms with Gasteiger partial charge in [-0.1, -0.05) is 30.3 Å². The molecular weight excluding hydrogens is 276 g/mol. The summed E-state index contributed by atoms with van der Waals surface area (Å²) in [6.07, 6.45) is 6.48. The lowest BCUT2D eigenvalue weighted by atomic mass is 9.98. The summed E-state index contributed by atoms with van der Waals surface area (Å²) in [6.45, 7) is 0. The lowest BCUT2D eigenvalue weighted by Crippen LogP contribution is -2.29. The Morgan fingerprint density at radius 1 is 1.14 bits per heavy atom. The number of fused-ring (bicyclic) bond motifs is 1. The smallest absolute Gasteiger partial charge is 0.0587 e. The third-order valence-electron chi connectivity index (χ3n) is 5.00. The topological polar surface area (TPSA) is 38.0 Å². The molecule has 3 atom stereocenters. The van der Waals surface area contributed by atoms with Gasteiger partial charge in [0.25, 0.3) is 0 Å². The van der Waals surface area contributed by atoms with Crippen LogP contribution < -0.4 is 11.3 Å². The van der Waals surface area contributed by atoms with Gasteiger partial charge in [-0.15, -0.1) is 11.3 Å². The number of thiophene rings is 1. The minimum atomic E-state index is 0.325. The second-order valence-electron chi connectivity index (χ2n) is 6.37. The highest BCUT2D eigenvalue weighted by Crippen LogP contribution is 2.54. The Morgan fingerprint density at radius 3 is 2.71 bits per heavy atom. The third-order valence-corrected chi connectivity index (χ3v) is 6.32. The quantitative estimate of drug-likeness (QED) is 0.663. The third kappa shape index (κ3) is 2.54. The molecule has 21 heavy (non-hydrogen) atoms. The monoisotopic (exact) mass is 298 g/mol. The van der Waals surface area contributed by atoms with Gasteiger partial charge in [0.1, 0.15) is 0 Å². The Kier molecular flexibility index (Phi) is 3.57. The van der Waals surface area contributed by atoms with E-state index in [1.807, 2.05) is 11.3 Å². The summed E-state index contributed by atoms with van der Waals surface area (Å²) < 4.78 is 0. The number of hydrazine groups is 1. The summed E-state index contributed by atoms with van der Waals surface area (Å²) in [6, 6.07) is 13.6. The van der Waals surface area contributed by atoms with Crippen molar-refractivity contribution in [2.24, 2.45) is 11.8 Å². The fourth-order valence-electron chi connectivity index (χ4n) is 3.75. The van der Waals surface area contributed by atoms with Gasteiger partial charge in [0.2, 0.25) is 0 Å². The van der Waals surface area contributed by atoms with Crippen LogP contribution in [-0.2, 0) is 12.8 Å². The summed E-state index contributed by atoms with van der Waals surface area (Å²) in [5, 5.41) is 0. The highest BCUT2D eigenvalue weighted by molar-refractivity contribution is 7.12. The van der Waals surface area contributed by atoms with Crippen LogP contribution in [0.1, 0.15) is 52.1 Å². The van der Waals surface area contributed by atoms with E-state index in [9.17, 15) is 0 Å². The van der Waals surface area contributed by atoms with Crippen LogP contribution >= 0.6 is 11.3 Å². The predicted molar refractivity (Wildman–Crippen MR) is 88.3 cm³/mol. The molecule has 2 aromatic rings. The van der Waals surface area contributed by atoms with Crippen LogP contribution in [0.2, 0.25) is 0 Å². The molecule has 2 nitrogen and oxygen atoms in total. The average molecular weight is 298 g/mol. The molecule has 1 fully saturated rings. The SMILES string of the molecule is NNC(c1cc2c(s1)CCCC2)C1CC1c1ccccc1. The minimum Gasteiger partial charge on any atom is -0.271 e. The molecule has 3 unspecified atom stereocenters. The predicted octanol–water partition coefficient (Wildman–Crippen LogP) is 3.94. The number of aryl methyl sites for hydroxylation is 2. The molecule has 0 bridgehead atoms. The maximum absolute atomic E-state index is 5.90. The fraction of sp³-hybridized carbons (Fsp3) is 0.444. The van der Waals surface area contributed by atoms with E-state index in [0.29, 0.717) is 17.9 Å². The van der Waals surface area contributed by atoms with Crippen molar-refractivity contribution >= 4 is 11.3 Å². The van der Waals surface area contributed by atoms with E-state index in [1.165, 1.54) is 42.5 Å². The van der Waals surface area contributed by atoms with Gasteiger partial charge in [-0.25, -0.2) is 0 Å². The molecular formula is C18H22N2S. The summed E-state index contributed by atoms with van der Waals surface area (Å²) in [5.41, 5.74) is 6.14. The first-order valence-electron chi connectivity index (χ1n) is 7.99. The zero-order valence-corrected chi connectivity index (χ0v) is 13.0. The molecule has 3 N–H and O–H groups in total. The van der Waals surface area contributed by atoms with E-state index in [1.54, 1.807) is 10.4 Å². The van der Waals surface area contributed by atoms with Crippen LogP contribution in [0.15, 0.2) is 36.4 Å². The van der Waals surface area contributed by atoms with Crippen molar-refractivity contribution in [3.63, 3.8) is 0 Å². The molecule has 0 radical (unpaired) electrons. The Bertz CT molecular complexity index is 596. The van der Waals surface area contributed by atoms with Crippen LogP contribution in [0.4, 0.5) is 0 Å². The standard InChI is InChI=1S/C18H22N2S/c19-20-18(15-11-14(15)12-6-2-1-3-7-12)17-10-13-8-4-5-9-16(13)21-17/h1-3,6-7,10,14-15,18,20H,4-5,8-9,11,19H2. The molecule has 1 aromatic heterocycles. The van der Waals surface area contributed by atoms with Gasteiger partial charge in [0.05, 0.1) is 6.04 Å². The van der Waals surface area contributed by atoms with Crippen LogP contribution in [0.3, 0.4) is 0 Å². The first kappa shape index (κ1) is 13.5. The highest BCUT2D eigenvalue weighted by Gasteiger charge is 2.44. The van der Waals surface area contributed by atoms with E-state index in [0.717, 1.165) is 0 Å². The molecule has 0 aliphatic heterocycles. The second-order valence-corrected chi connectivity index (χ2v) is 7.53. The van der Waals surface area contributed by atoms with Crippen LogP contribution in [0, 0.1) is 5.92 Å². The van der Waals surface area contributed by atoms with Crippen molar-refractivity contribution in [1.29, 1.82) is 0 Å². The van der Waals surface area contributed by atoms with Crippen molar-refractivity contribution in [2.45, 2.75) is 44.1 Å². The van der Waals surface area contributed by atoms with Crippen molar-refractivity contribution in [2.75, 3.05) is 0 Å². The first-order valence-corrected chi connectivity index (χ1v) is 8.81. The lowest BCUT2D eigenvalue weighted by molar-refractivity contribution is 0.494. The molecule has 4 rings (SSSR count). The molecule has 2 aliphatic rings. The molecule has 3 heteroatoms. The Balaban J connectivity index is 1.55. The molecule has 0 saturated heterocycles. The van der Waals surface area contributed by atoms with E-state index in [-0.39, 0.29) is 0 Å². The number of hydrogen-bond donors (Lipinski definition) is 2. The first-order chi connectivity index (χ1) is 10.4. The van der Waals surface area contributed by atoms with Gasteiger partial charge in [-0.3, -0.25) is 11.3 Å². The summed E-state index contributed by atoms with van der Waals surface area (Å²) >= 11 is 1.99. The van der Waals surface area contributed by atoms with E-state index in [4.69, 9.17) is 5.84 Å². The number of rotatable bonds is 4. The van der Waals surface area contributed by atoms with E-state index < -0.39 is 0 Å². The van der Waals surface area contributed by atoms with Gasteiger partial charge in [-0.05, 0) is 61.1 Å². The van der Waals surface area contributed by atoms with E-state index in [2.05, 4.69) is 41.8 Å². The highest BCUT2D eigenvalue weighted by atomic mass is 32.1. The molecule has 0 spiro atoms. The van der Waals surface area contributed by atoms with Gasteiger partial charge in [0, 0.05) is 9.75 Å².